The van der Waals surface area contributed by atoms with Gasteiger partial charge in [-0.15, -0.1) is 0 Å². The first-order chi connectivity index (χ1) is 12.4. The highest BCUT2D eigenvalue weighted by Crippen LogP contribution is 2.34. The second-order valence-electron chi connectivity index (χ2n) is 6.11. The zero-order chi connectivity index (χ0) is 18.8. The van der Waals surface area contributed by atoms with Gasteiger partial charge in [-0.25, -0.2) is 4.39 Å². The number of carbonyl (C=O) groups excluding carboxylic acids is 2. The van der Waals surface area contributed by atoms with Crippen LogP contribution in [-0.4, -0.2) is 23.1 Å². The Morgan fingerprint density at radius 1 is 1.23 bits per heavy atom. The number of Topliss-reactive ketones (excluding diaryl/α,β-unsaturated/α-hetero) is 1. The van der Waals surface area contributed by atoms with Crippen LogP contribution in [0.25, 0.3) is 6.08 Å². The van der Waals surface area contributed by atoms with Gasteiger partial charge in [-0.1, -0.05) is 41.4 Å². The maximum absolute atomic E-state index is 13.6. The predicted molar refractivity (Wildman–Crippen MR) is 101 cm³/mol. The van der Waals surface area contributed by atoms with Crippen molar-refractivity contribution in [2.24, 2.45) is 0 Å². The summed E-state index contributed by atoms with van der Waals surface area (Å²) >= 11 is 12.5. The molecule has 0 spiro atoms. The molecule has 0 saturated heterocycles. The minimum absolute atomic E-state index is 0.186. The van der Waals surface area contributed by atoms with Crippen LogP contribution >= 0.6 is 23.2 Å². The van der Waals surface area contributed by atoms with Crippen LogP contribution in [-0.2, 0) is 17.8 Å². The highest BCUT2D eigenvalue weighted by Gasteiger charge is 2.25. The van der Waals surface area contributed by atoms with Crippen molar-refractivity contribution in [1.82, 2.24) is 4.90 Å². The van der Waals surface area contributed by atoms with E-state index in [0.29, 0.717) is 35.7 Å². The second kappa shape index (κ2) is 7.60. The number of benzene rings is 2. The zero-order valence-corrected chi connectivity index (χ0v) is 15.6. The highest BCUT2D eigenvalue weighted by molar-refractivity contribution is 6.40. The van der Waals surface area contributed by atoms with Crippen molar-refractivity contribution >= 4 is 41.0 Å². The van der Waals surface area contributed by atoms with Crippen molar-refractivity contribution in [3.8, 4) is 0 Å². The van der Waals surface area contributed by atoms with Crippen molar-refractivity contribution < 1.29 is 14.0 Å². The largest absolute Gasteiger partial charge is 0.334 e. The molecule has 0 aromatic heterocycles. The van der Waals surface area contributed by atoms with Gasteiger partial charge in [-0.3, -0.25) is 9.59 Å². The Kier molecular flexibility index (Phi) is 5.44. The summed E-state index contributed by atoms with van der Waals surface area (Å²) in [5.74, 6) is -0.785. The summed E-state index contributed by atoms with van der Waals surface area (Å²) in [7, 11) is 0. The van der Waals surface area contributed by atoms with E-state index >= 15 is 0 Å². The summed E-state index contributed by atoms with van der Waals surface area (Å²) in [5.41, 5.74) is 2.36. The molecule has 2 aromatic rings. The molecule has 26 heavy (non-hydrogen) atoms. The summed E-state index contributed by atoms with van der Waals surface area (Å²) < 4.78 is 13.6. The summed E-state index contributed by atoms with van der Waals surface area (Å²) in [6, 6.07) is 7.95. The summed E-state index contributed by atoms with van der Waals surface area (Å²) in [6.45, 7) is 2.23. The minimum atomic E-state index is -0.379. The van der Waals surface area contributed by atoms with Gasteiger partial charge in [-0.2, -0.15) is 0 Å². The molecular weight excluding hydrogens is 376 g/mol. The molecule has 0 aliphatic carbocycles. The van der Waals surface area contributed by atoms with E-state index in [1.165, 1.54) is 25.1 Å². The molecule has 1 heterocycles. The quantitative estimate of drug-likeness (QED) is 0.549. The molecule has 1 amide bonds. The number of ketones is 1. The van der Waals surface area contributed by atoms with Crippen LogP contribution in [0.2, 0.25) is 10.0 Å². The van der Waals surface area contributed by atoms with Crippen molar-refractivity contribution in [2.45, 2.75) is 19.9 Å². The fraction of sp³-hybridized carbons (Fsp3) is 0.200. The number of nitrogens with zero attached hydrogens (tertiary/aromatic N) is 1. The van der Waals surface area contributed by atoms with Gasteiger partial charge in [0.2, 0.25) is 5.91 Å². The molecule has 0 radical (unpaired) electrons. The number of rotatable bonds is 3. The lowest BCUT2D eigenvalue weighted by atomic mass is 9.95. The number of fused-ring (bicyclic) bond motifs is 1. The van der Waals surface area contributed by atoms with E-state index in [-0.39, 0.29) is 22.5 Å². The first-order valence-electron chi connectivity index (χ1n) is 8.10. The Hall–Kier alpha value is -2.17. The van der Waals surface area contributed by atoms with Crippen molar-refractivity contribution in [3.63, 3.8) is 0 Å². The molecule has 0 N–H and O–H groups in total. The fourth-order valence-corrected chi connectivity index (χ4v) is 3.90. The Balaban J connectivity index is 1.81. The van der Waals surface area contributed by atoms with E-state index in [1.54, 1.807) is 29.2 Å². The van der Waals surface area contributed by atoms with Gasteiger partial charge >= 0.3 is 0 Å². The molecular formula is C20H16Cl2FNO2. The SMILES string of the molecule is CC(=O)c1c(Cl)cc2c(c1Cl)CCN(C(=O)/C=C/c1ccccc1F)C2. The van der Waals surface area contributed by atoms with Gasteiger partial charge in [0, 0.05) is 24.7 Å². The minimum Gasteiger partial charge on any atom is -0.334 e. The first-order valence-corrected chi connectivity index (χ1v) is 8.86. The number of hydrogen-bond donors (Lipinski definition) is 0. The lowest BCUT2D eigenvalue weighted by Gasteiger charge is -2.29. The molecule has 1 aliphatic rings. The van der Waals surface area contributed by atoms with Crippen molar-refractivity contribution in [1.29, 1.82) is 0 Å². The van der Waals surface area contributed by atoms with Crippen LogP contribution < -0.4 is 0 Å². The summed E-state index contributed by atoms with van der Waals surface area (Å²) in [5, 5.41) is 0.659. The Bertz CT molecular complexity index is 924. The predicted octanol–water partition coefficient (Wildman–Crippen LogP) is 4.93. The van der Waals surface area contributed by atoms with Crippen LogP contribution in [0.5, 0.6) is 0 Å². The second-order valence-corrected chi connectivity index (χ2v) is 6.89. The summed E-state index contributed by atoms with van der Waals surface area (Å²) in [6.07, 6.45) is 3.35. The zero-order valence-electron chi connectivity index (χ0n) is 14.1. The molecule has 0 bridgehead atoms. The average Bonchev–Trinajstić information content (AvgIpc) is 2.60. The van der Waals surface area contributed by atoms with Crippen molar-refractivity contribution in [2.75, 3.05) is 6.54 Å². The molecule has 3 rings (SSSR count). The van der Waals surface area contributed by atoms with Gasteiger partial charge in [0.25, 0.3) is 0 Å². The number of halogens is 3. The van der Waals surface area contributed by atoms with Gasteiger partial charge in [0.15, 0.2) is 5.78 Å². The number of carbonyl (C=O) groups is 2. The van der Waals surface area contributed by atoms with Crippen LogP contribution in [0.15, 0.2) is 36.4 Å². The topological polar surface area (TPSA) is 37.4 Å². The van der Waals surface area contributed by atoms with E-state index in [4.69, 9.17) is 23.2 Å². The standard InChI is InChI=1S/C20H16Cl2FNO2/c1-12(25)19-16(21)10-14-11-24(9-8-15(14)20(19)22)18(26)7-6-13-4-2-3-5-17(13)23/h2-7,10H,8-9,11H2,1H3/b7-6+. The lowest BCUT2D eigenvalue weighted by molar-refractivity contribution is -0.126. The van der Waals surface area contributed by atoms with Crippen LogP contribution in [0.4, 0.5) is 4.39 Å². The first kappa shape index (κ1) is 18.6. The maximum atomic E-state index is 13.6. The Morgan fingerprint density at radius 2 is 1.96 bits per heavy atom. The maximum Gasteiger partial charge on any atom is 0.246 e. The molecule has 0 saturated carbocycles. The number of amides is 1. The third-order valence-corrected chi connectivity index (χ3v) is 5.09. The smallest absolute Gasteiger partial charge is 0.246 e. The molecule has 0 unspecified atom stereocenters. The Labute approximate surface area is 161 Å². The normalized spacial score (nSPS) is 13.8. The van der Waals surface area contributed by atoms with E-state index in [0.717, 1.165) is 11.1 Å². The van der Waals surface area contributed by atoms with Gasteiger partial charge in [-0.05, 0) is 42.7 Å². The monoisotopic (exact) mass is 391 g/mol. The van der Waals surface area contributed by atoms with Gasteiger partial charge < -0.3 is 4.90 Å². The van der Waals surface area contributed by atoms with Crippen LogP contribution in [0.3, 0.4) is 0 Å². The number of hydrogen-bond acceptors (Lipinski definition) is 2. The molecule has 1 aliphatic heterocycles. The lowest BCUT2D eigenvalue weighted by Crippen LogP contribution is -2.35. The van der Waals surface area contributed by atoms with Gasteiger partial charge in [0.05, 0.1) is 15.6 Å². The highest BCUT2D eigenvalue weighted by atomic mass is 35.5. The molecule has 3 nitrogen and oxygen atoms in total. The van der Waals surface area contributed by atoms with Crippen LogP contribution in [0, 0.1) is 5.82 Å². The third kappa shape index (κ3) is 3.67. The van der Waals surface area contributed by atoms with Gasteiger partial charge in [0.1, 0.15) is 5.82 Å². The molecule has 2 aromatic carbocycles. The van der Waals surface area contributed by atoms with E-state index in [9.17, 15) is 14.0 Å². The van der Waals surface area contributed by atoms with Crippen molar-refractivity contribution in [3.05, 3.63) is 74.5 Å². The Morgan fingerprint density at radius 3 is 2.65 bits per heavy atom. The third-order valence-electron chi connectivity index (χ3n) is 4.38. The molecule has 6 heteroatoms. The molecule has 134 valence electrons. The fourth-order valence-electron chi connectivity index (χ4n) is 3.04. The van der Waals surface area contributed by atoms with E-state index in [2.05, 4.69) is 0 Å². The summed E-state index contributed by atoms with van der Waals surface area (Å²) in [4.78, 5) is 25.8. The van der Waals surface area contributed by atoms with Crippen LogP contribution in [0.1, 0.15) is 34.0 Å². The average molecular weight is 392 g/mol. The molecule has 0 atom stereocenters. The van der Waals surface area contributed by atoms with E-state index in [1.807, 2.05) is 0 Å². The molecule has 0 fully saturated rings. The van der Waals surface area contributed by atoms with E-state index < -0.39 is 0 Å².